The van der Waals surface area contributed by atoms with Gasteiger partial charge in [-0.05, 0) is 43.5 Å². The van der Waals surface area contributed by atoms with Crippen molar-refractivity contribution in [1.29, 1.82) is 0 Å². The smallest absolute Gasteiger partial charge is 0.222 e. The van der Waals surface area contributed by atoms with Crippen LogP contribution in [-0.2, 0) is 17.8 Å². The molecule has 2 aliphatic heterocycles. The van der Waals surface area contributed by atoms with Crippen LogP contribution in [-0.4, -0.2) is 37.5 Å². The summed E-state index contributed by atoms with van der Waals surface area (Å²) in [5.74, 6) is 0.405. The predicted octanol–water partition coefficient (Wildman–Crippen LogP) is 2.03. The van der Waals surface area contributed by atoms with E-state index in [0.717, 1.165) is 45.4 Å². The van der Waals surface area contributed by atoms with Gasteiger partial charge in [0.1, 0.15) is 0 Å². The molecule has 3 rings (SSSR count). The molecule has 5 heteroatoms. The van der Waals surface area contributed by atoms with E-state index in [0.29, 0.717) is 0 Å². The third-order valence-electron chi connectivity index (χ3n) is 4.53. The lowest BCUT2D eigenvalue weighted by molar-refractivity contribution is -0.125. The molecular weight excluding hydrogens is 286 g/mol. The third-order valence-corrected chi connectivity index (χ3v) is 4.53. The number of nitrogens with zero attached hydrogens (tertiary/aromatic N) is 1. The second-order valence-electron chi connectivity index (χ2n) is 5.79. The highest BCUT2D eigenvalue weighted by atomic mass is 35.5. The predicted molar refractivity (Wildman–Crippen MR) is 88.0 cm³/mol. The minimum absolute atomic E-state index is 0. The van der Waals surface area contributed by atoms with Crippen LogP contribution < -0.4 is 10.6 Å². The van der Waals surface area contributed by atoms with Gasteiger partial charge in [0.25, 0.3) is 0 Å². The second-order valence-corrected chi connectivity index (χ2v) is 5.79. The van der Waals surface area contributed by atoms with Crippen molar-refractivity contribution in [3.8, 4) is 0 Å². The van der Waals surface area contributed by atoms with Crippen molar-refractivity contribution in [1.82, 2.24) is 10.2 Å². The van der Waals surface area contributed by atoms with Gasteiger partial charge in [-0.25, -0.2) is 0 Å². The number of halogens is 1. The molecule has 1 aromatic carbocycles. The van der Waals surface area contributed by atoms with Crippen molar-refractivity contribution in [2.45, 2.75) is 25.8 Å². The first kappa shape index (κ1) is 16.1. The van der Waals surface area contributed by atoms with Crippen molar-refractivity contribution in [2.24, 2.45) is 5.92 Å². The summed E-state index contributed by atoms with van der Waals surface area (Å²) in [4.78, 5) is 14.1. The number of likely N-dealkylation sites (tertiary alicyclic amines) is 1. The Morgan fingerprint density at radius 3 is 2.86 bits per heavy atom. The van der Waals surface area contributed by atoms with Crippen LogP contribution in [0.4, 0.5) is 5.69 Å². The summed E-state index contributed by atoms with van der Waals surface area (Å²) in [5, 5.41) is 6.27. The van der Waals surface area contributed by atoms with E-state index in [4.69, 9.17) is 0 Å². The topological polar surface area (TPSA) is 44.4 Å². The maximum absolute atomic E-state index is 11.6. The molecule has 0 unspecified atom stereocenters. The van der Waals surface area contributed by atoms with E-state index in [2.05, 4.69) is 33.7 Å². The fourth-order valence-corrected chi connectivity index (χ4v) is 3.34. The number of carbonyl (C=O) groups is 1. The van der Waals surface area contributed by atoms with Crippen LogP contribution >= 0.6 is 12.4 Å². The molecule has 2 aliphatic rings. The Labute approximate surface area is 132 Å². The number of nitrogens with one attached hydrogen (secondary N) is 2. The Morgan fingerprint density at radius 1 is 1.38 bits per heavy atom. The van der Waals surface area contributed by atoms with Gasteiger partial charge in [0.15, 0.2) is 0 Å². The van der Waals surface area contributed by atoms with E-state index >= 15 is 0 Å². The number of rotatable bonds is 3. The maximum atomic E-state index is 11.6. The molecule has 0 radical (unpaired) electrons. The zero-order valence-corrected chi connectivity index (χ0v) is 13.3. The van der Waals surface area contributed by atoms with Gasteiger partial charge in [0, 0.05) is 31.7 Å². The molecule has 2 heterocycles. The molecule has 0 atom stereocenters. The van der Waals surface area contributed by atoms with Gasteiger partial charge in [-0.1, -0.05) is 18.2 Å². The molecule has 116 valence electrons. The van der Waals surface area contributed by atoms with Gasteiger partial charge < -0.3 is 10.6 Å². The molecule has 0 aliphatic carbocycles. The lowest BCUT2D eigenvalue weighted by atomic mass is 9.95. The molecule has 0 saturated carbocycles. The lowest BCUT2D eigenvalue weighted by Gasteiger charge is -2.31. The third kappa shape index (κ3) is 3.50. The highest BCUT2D eigenvalue weighted by Crippen LogP contribution is 2.28. The van der Waals surface area contributed by atoms with Crippen LogP contribution in [0.2, 0.25) is 0 Å². The number of amides is 1. The molecule has 0 bridgehead atoms. The Kier molecular flexibility index (Phi) is 5.48. The van der Waals surface area contributed by atoms with E-state index in [1.54, 1.807) is 7.05 Å². The van der Waals surface area contributed by atoms with Gasteiger partial charge in [0.05, 0.1) is 0 Å². The number of para-hydroxylation sites is 1. The Bertz CT molecular complexity index is 498. The first-order valence-corrected chi connectivity index (χ1v) is 7.56. The Morgan fingerprint density at radius 2 is 2.14 bits per heavy atom. The van der Waals surface area contributed by atoms with Crippen molar-refractivity contribution in [3.05, 3.63) is 29.3 Å². The van der Waals surface area contributed by atoms with Crippen molar-refractivity contribution in [3.63, 3.8) is 0 Å². The first-order valence-electron chi connectivity index (χ1n) is 7.56. The summed E-state index contributed by atoms with van der Waals surface area (Å²) >= 11 is 0. The zero-order valence-electron chi connectivity index (χ0n) is 12.5. The van der Waals surface area contributed by atoms with E-state index in [1.165, 1.54) is 16.8 Å². The average Bonchev–Trinajstić information content (AvgIpc) is 2.97. The van der Waals surface area contributed by atoms with Gasteiger partial charge in [-0.3, -0.25) is 9.69 Å². The van der Waals surface area contributed by atoms with E-state index in [9.17, 15) is 4.79 Å². The molecule has 21 heavy (non-hydrogen) atoms. The van der Waals surface area contributed by atoms with E-state index in [-0.39, 0.29) is 24.2 Å². The highest BCUT2D eigenvalue weighted by Gasteiger charge is 2.25. The largest absolute Gasteiger partial charge is 0.384 e. The quantitative estimate of drug-likeness (QED) is 0.898. The van der Waals surface area contributed by atoms with Crippen LogP contribution in [0.1, 0.15) is 24.0 Å². The molecule has 1 aromatic rings. The lowest BCUT2D eigenvalue weighted by Crippen LogP contribution is -2.39. The molecule has 4 nitrogen and oxygen atoms in total. The summed E-state index contributed by atoms with van der Waals surface area (Å²) in [7, 11) is 1.73. The zero-order chi connectivity index (χ0) is 13.9. The molecule has 1 fully saturated rings. The van der Waals surface area contributed by atoms with Crippen LogP contribution in [0.25, 0.3) is 0 Å². The minimum Gasteiger partial charge on any atom is -0.384 e. The molecule has 1 amide bonds. The normalized spacial score (nSPS) is 18.5. The van der Waals surface area contributed by atoms with Crippen LogP contribution in [0, 0.1) is 5.92 Å². The molecule has 0 aromatic heterocycles. The van der Waals surface area contributed by atoms with Crippen molar-refractivity contribution >= 4 is 24.0 Å². The standard InChI is InChI=1S/C16H23N3O.ClH/c1-17-16(20)13-6-9-19(10-7-13)11-14-4-2-3-12-5-8-18-15(12)14;/h2-4,13,18H,5-11H2,1H3,(H,17,20);1H. The van der Waals surface area contributed by atoms with Crippen molar-refractivity contribution < 1.29 is 4.79 Å². The minimum atomic E-state index is 0. The van der Waals surface area contributed by atoms with Gasteiger partial charge in [0.2, 0.25) is 5.91 Å². The number of fused-ring (bicyclic) bond motifs is 1. The van der Waals surface area contributed by atoms with Crippen LogP contribution in [0.15, 0.2) is 18.2 Å². The SMILES string of the molecule is CNC(=O)C1CCN(Cc2cccc3c2NCC3)CC1.Cl. The molecule has 2 N–H and O–H groups in total. The van der Waals surface area contributed by atoms with Gasteiger partial charge >= 0.3 is 0 Å². The number of carbonyl (C=O) groups excluding carboxylic acids is 1. The molecule has 1 saturated heterocycles. The van der Waals surface area contributed by atoms with E-state index < -0.39 is 0 Å². The summed E-state index contributed by atoms with van der Waals surface area (Å²) in [6, 6.07) is 6.61. The monoisotopic (exact) mass is 309 g/mol. The molecule has 0 spiro atoms. The fraction of sp³-hybridized carbons (Fsp3) is 0.562. The maximum Gasteiger partial charge on any atom is 0.222 e. The Balaban J connectivity index is 0.00000161. The van der Waals surface area contributed by atoms with E-state index in [1.807, 2.05) is 0 Å². The van der Waals surface area contributed by atoms with Crippen LogP contribution in [0.5, 0.6) is 0 Å². The highest BCUT2D eigenvalue weighted by molar-refractivity contribution is 5.85. The van der Waals surface area contributed by atoms with Crippen molar-refractivity contribution in [2.75, 3.05) is 32.0 Å². The summed E-state index contributed by atoms with van der Waals surface area (Å²) < 4.78 is 0. The number of hydrogen-bond donors (Lipinski definition) is 2. The number of piperidine rings is 1. The number of hydrogen-bond acceptors (Lipinski definition) is 3. The summed E-state index contributed by atoms with van der Waals surface area (Å²) in [6.07, 6.45) is 3.09. The number of anilines is 1. The Hall–Kier alpha value is -1.26. The average molecular weight is 310 g/mol. The number of benzene rings is 1. The fourth-order valence-electron chi connectivity index (χ4n) is 3.34. The van der Waals surface area contributed by atoms with Gasteiger partial charge in [-0.2, -0.15) is 0 Å². The van der Waals surface area contributed by atoms with Crippen LogP contribution in [0.3, 0.4) is 0 Å². The van der Waals surface area contributed by atoms with Gasteiger partial charge in [-0.15, -0.1) is 12.4 Å². The first-order chi connectivity index (χ1) is 9.78. The molecular formula is C16H24ClN3O. The second kappa shape index (κ2) is 7.14. The summed E-state index contributed by atoms with van der Waals surface area (Å²) in [5.41, 5.74) is 4.20. The summed E-state index contributed by atoms with van der Waals surface area (Å²) in [6.45, 7) is 4.09.